The van der Waals surface area contributed by atoms with Crippen molar-refractivity contribution in [2.24, 2.45) is 5.73 Å². The number of aryl methyl sites for hydroxylation is 1. The van der Waals surface area contributed by atoms with E-state index in [1.807, 2.05) is 16.7 Å². The highest BCUT2D eigenvalue weighted by Gasteiger charge is 2.27. The number of fused-ring (bicyclic) bond motifs is 2. The number of hydrogen-bond acceptors (Lipinski definition) is 4. The zero-order valence-electron chi connectivity index (χ0n) is 15.2. The Morgan fingerprint density at radius 2 is 2.00 bits per heavy atom. The Kier molecular flexibility index (Phi) is 4.81. The van der Waals surface area contributed by atoms with Gasteiger partial charge < -0.3 is 15.4 Å². The van der Waals surface area contributed by atoms with Crippen LogP contribution in [0.1, 0.15) is 58.6 Å². The first-order valence-corrected chi connectivity index (χ1v) is 10.2. The Balaban J connectivity index is 0.00000192. The van der Waals surface area contributed by atoms with Gasteiger partial charge in [-0.2, -0.15) is 0 Å². The maximum absolute atomic E-state index is 12.6. The van der Waals surface area contributed by atoms with Crippen molar-refractivity contribution in [1.29, 1.82) is 0 Å². The minimum atomic E-state index is -1.17. The number of benzene rings is 1. The molecule has 0 amide bonds. The van der Waals surface area contributed by atoms with Crippen LogP contribution in [-0.4, -0.2) is 15.6 Å². The third kappa shape index (κ3) is 3.05. The molecule has 1 fully saturated rings. The zero-order valence-corrected chi connectivity index (χ0v) is 16.8. The van der Waals surface area contributed by atoms with Crippen molar-refractivity contribution < 1.29 is 9.90 Å². The normalized spacial score (nSPS) is 18.5. The topological polar surface area (TPSA) is 85.3 Å². The van der Waals surface area contributed by atoms with Gasteiger partial charge in [0.15, 0.2) is 0 Å². The van der Waals surface area contributed by atoms with Crippen molar-refractivity contribution in [3.05, 3.63) is 56.7 Å². The van der Waals surface area contributed by atoms with Crippen LogP contribution in [0.2, 0.25) is 0 Å². The van der Waals surface area contributed by atoms with Gasteiger partial charge in [-0.25, -0.2) is 4.79 Å². The predicted molar refractivity (Wildman–Crippen MR) is 114 cm³/mol. The first kappa shape index (κ1) is 19.2. The van der Waals surface area contributed by atoms with Gasteiger partial charge in [0.1, 0.15) is 5.56 Å². The molecule has 0 spiro atoms. The van der Waals surface area contributed by atoms with Gasteiger partial charge in [0.2, 0.25) is 5.43 Å². The SMILES string of the molecule is Cl.NC1CCCc2sc(-c3ccc4c(=O)c(C(=O)O)cn(C5CC5)c4c3)cc21. The van der Waals surface area contributed by atoms with Crippen LogP contribution in [0.3, 0.4) is 0 Å². The lowest BCUT2D eigenvalue weighted by molar-refractivity contribution is 0.0695. The number of rotatable bonds is 3. The molecule has 146 valence electrons. The van der Waals surface area contributed by atoms with Crippen molar-refractivity contribution in [2.75, 3.05) is 0 Å². The van der Waals surface area contributed by atoms with Crippen LogP contribution >= 0.6 is 23.7 Å². The molecule has 1 unspecified atom stereocenters. The number of aromatic carboxylic acids is 1. The number of halogens is 1. The first-order valence-electron chi connectivity index (χ1n) is 9.33. The summed E-state index contributed by atoms with van der Waals surface area (Å²) in [5.41, 5.74) is 8.84. The van der Waals surface area contributed by atoms with Gasteiger partial charge in [0.25, 0.3) is 0 Å². The minimum Gasteiger partial charge on any atom is -0.477 e. The van der Waals surface area contributed by atoms with Gasteiger partial charge in [-0.05, 0) is 61.4 Å². The van der Waals surface area contributed by atoms with E-state index in [9.17, 15) is 14.7 Å². The first-order chi connectivity index (χ1) is 13.0. The molecular weight excluding hydrogens is 396 g/mol. The third-order valence-corrected chi connectivity index (χ3v) is 6.91. The van der Waals surface area contributed by atoms with E-state index in [4.69, 9.17) is 5.73 Å². The fourth-order valence-corrected chi connectivity index (χ4v) is 5.31. The zero-order chi connectivity index (χ0) is 18.7. The molecule has 2 aliphatic rings. The number of carboxylic acids is 1. The summed E-state index contributed by atoms with van der Waals surface area (Å²) in [5, 5.41) is 9.85. The molecule has 28 heavy (non-hydrogen) atoms. The van der Waals surface area contributed by atoms with E-state index in [1.54, 1.807) is 17.4 Å². The van der Waals surface area contributed by atoms with Crippen molar-refractivity contribution in [1.82, 2.24) is 4.57 Å². The number of nitrogens with zero attached hydrogens (tertiary/aromatic N) is 1. The molecular formula is C21H21ClN2O3S. The molecule has 1 aromatic carbocycles. The molecule has 2 heterocycles. The fourth-order valence-electron chi connectivity index (χ4n) is 4.04. The van der Waals surface area contributed by atoms with E-state index >= 15 is 0 Å². The van der Waals surface area contributed by atoms with Gasteiger partial charge >= 0.3 is 5.97 Å². The van der Waals surface area contributed by atoms with E-state index in [2.05, 4.69) is 6.07 Å². The maximum Gasteiger partial charge on any atom is 0.341 e. The average Bonchev–Trinajstić information content (AvgIpc) is 3.39. The number of carboxylic acid groups (broad SMARTS) is 1. The molecule has 1 saturated carbocycles. The number of hydrogen-bond donors (Lipinski definition) is 2. The van der Waals surface area contributed by atoms with E-state index in [0.29, 0.717) is 5.39 Å². The summed E-state index contributed by atoms with van der Waals surface area (Å²) in [6, 6.07) is 8.32. The molecule has 1 atom stereocenters. The smallest absolute Gasteiger partial charge is 0.341 e. The molecule has 3 aromatic rings. The Hall–Kier alpha value is -2.15. The summed E-state index contributed by atoms with van der Waals surface area (Å²) < 4.78 is 1.98. The van der Waals surface area contributed by atoms with E-state index in [0.717, 1.165) is 48.1 Å². The van der Waals surface area contributed by atoms with Crippen LogP contribution in [0.5, 0.6) is 0 Å². The van der Waals surface area contributed by atoms with Gasteiger partial charge in [0.05, 0.1) is 5.52 Å². The summed E-state index contributed by atoms with van der Waals surface area (Å²) in [7, 11) is 0. The van der Waals surface area contributed by atoms with E-state index in [1.165, 1.54) is 16.6 Å². The van der Waals surface area contributed by atoms with Crippen molar-refractivity contribution in [3.8, 4) is 10.4 Å². The highest BCUT2D eigenvalue weighted by molar-refractivity contribution is 7.15. The Morgan fingerprint density at radius 1 is 1.21 bits per heavy atom. The molecule has 0 aliphatic heterocycles. The molecule has 5 nitrogen and oxygen atoms in total. The monoisotopic (exact) mass is 416 g/mol. The molecule has 7 heteroatoms. The largest absolute Gasteiger partial charge is 0.477 e. The van der Waals surface area contributed by atoms with Crippen LogP contribution in [-0.2, 0) is 6.42 Å². The molecule has 3 N–H and O–H groups in total. The van der Waals surface area contributed by atoms with Crippen LogP contribution in [0.15, 0.2) is 35.3 Å². The van der Waals surface area contributed by atoms with Gasteiger partial charge in [0, 0.05) is 33.4 Å². The lowest BCUT2D eigenvalue weighted by Gasteiger charge is -2.17. The van der Waals surface area contributed by atoms with Crippen LogP contribution in [0, 0.1) is 0 Å². The summed E-state index contributed by atoms with van der Waals surface area (Å²) in [6.45, 7) is 0. The van der Waals surface area contributed by atoms with Crippen molar-refractivity contribution in [2.45, 2.75) is 44.2 Å². The summed E-state index contributed by atoms with van der Waals surface area (Å²) in [5.74, 6) is -1.17. The number of carbonyl (C=O) groups is 1. The summed E-state index contributed by atoms with van der Waals surface area (Å²) >= 11 is 1.78. The summed E-state index contributed by atoms with van der Waals surface area (Å²) in [4.78, 5) is 26.6. The van der Waals surface area contributed by atoms with Crippen molar-refractivity contribution >= 4 is 40.6 Å². The number of thiophene rings is 1. The van der Waals surface area contributed by atoms with E-state index in [-0.39, 0.29) is 30.1 Å². The van der Waals surface area contributed by atoms with Crippen LogP contribution < -0.4 is 11.2 Å². The second kappa shape index (κ2) is 7.03. The lowest BCUT2D eigenvalue weighted by Crippen LogP contribution is -2.18. The van der Waals surface area contributed by atoms with E-state index < -0.39 is 11.4 Å². The molecule has 2 aliphatic carbocycles. The van der Waals surface area contributed by atoms with Crippen molar-refractivity contribution in [3.63, 3.8) is 0 Å². The Labute approximate surface area is 172 Å². The number of aromatic nitrogens is 1. The van der Waals surface area contributed by atoms with Crippen LogP contribution in [0.4, 0.5) is 0 Å². The fraction of sp³-hybridized carbons (Fsp3) is 0.333. The van der Waals surface area contributed by atoms with Gasteiger partial charge in [-0.15, -0.1) is 23.7 Å². The molecule has 0 saturated heterocycles. The second-order valence-electron chi connectivity index (χ2n) is 7.54. The number of pyridine rings is 1. The minimum absolute atomic E-state index is 0. The highest BCUT2D eigenvalue weighted by atomic mass is 35.5. The lowest BCUT2D eigenvalue weighted by atomic mass is 9.94. The standard InChI is InChI=1S/C21H20N2O3S.ClH/c22-16-2-1-3-18-14(16)9-19(27-18)11-4-7-13-17(8-11)23(12-5-6-12)10-15(20(13)24)21(25)26;/h4,7-10,12,16H,1-3,5-6,22H2,(H,25,26);1H. The molecule has 5 rings (SSSR count). The molecule has 2 aromatic heterocycles. The highest BCUT2D eigenvalue weighted by Crippen LogP contribution is 2.41. The molecule has 0 bridgehead atoms. The third-order valence-electron chi connectivity index (χ3n) is 5.65. The second-order valence-corrected chi connectivity index (χ2v) is 8.67. The van der Waals surface area contributed by atoms with Crippen LogP contribution in [0.25, 0.3) is 21.3 Å². The quantitative estimate of drug-likeness (QED) is 0.657. The van der Waals surface area contributed by atoms with Gasteiger partial charge in [-0.3, -0.25) is 4.79 Å². The average molecular weight is 417 g/mol. The Bertz CT molecular complexity index is 1150. The number of nitrogens with two attached hydrogens (primary N) is 1. The summed E-state index contributed by atoms with van der Waals surface area (Å²) in [6.07, 6.45) is 6.79. The molecule has 0 radical (unpaired) electrons. The Morgan fingerprint density at radius 3 is 2.68 bits per heavy atom. The maximum atomic E-state index is 12.6. The van der Waals surface area contributed by atoms with Gasteiger partial charge in [-0.1, -0.05) is 6.07 Å². The predicted octanol–water partition coefficient (Wildman–Crippen LogP) is 4.52.